The number of thioether (sulfide) groups is 1. The number of alkyl halides is 4. The molecule has 1 rings (SSSR count). The normalized spacial score (nSPS) is 27.0. The van der Waals surface area contributed by atoms with Crippen LogP contribution in [0.2, 0.25) is 0 Å². The van der Waals surface area contributed by atoms with E-state index in [2.05, 4.69) is 5.32 Å². The Hall–Kier alpha value is 0.390. The molecule has 0 aromatic rings. The maximum atomic E-state index is 11.8. The van der Waals surface area contributed by atoms with Gasteiger partial charge >= 0.3 is 5.51 Å². The summed E-state index contributed by atoms with van der Waals surface area (Å²) in [4.78, 5) is 0. The van der Waals surface area contributed by atoms with Crippen LogP contribution in [0.4, 0.5) is 13.2 Å². The maximum absolute atomic E-state index is 11.8. The van der Waals surface area contributed by atoms with Crippen LogP contribution in [0.15, 0.2) is 0 Å². The van der Waals surface area contributed by atoms with E-state index in [-0.39, 0.29) is 22.9 Å². The van der Waals surface area contributed by atoms with E-state index in [0.29, 0.717) is 12.5 Å². The fourth-order valence-corrected chi connectivity index (χ4v) is 2.84. The Morgan fingerprint density at radius 2 is 2.06 bits per heavy atom. The molecule has 16 heavy (non-hydrogen) atoms. The highest BCUT2D eigenvalue weighted by molar-refractivity contribution is 8.00. The van der Waals surface area contributed by atoms with Crippen molar-refractivity contribution in [2.24, 2.45) is 5.92 Å². The summed E-state index contributed by atoms with van der Waals surface area (Å²) in [5.41, 5.74) is -4.10. The van der Waals surface area contributed by atoms with Crippen LogP contribution in [0.3, 0.4) is 0 Å². The van der Waals surface area contributed by atoms with Crippen LogP contribution < -0.4 is 5.32 Å². The Morgan fingerprint density at radius 3 is 2.69 bits per heavy atom. The zero-order valence-corrected chi connectivity index (χ0v) is 10.6. The summed E-state index contributed by atoms with van der Waals surface area (Å²) in [7, 11) is 0. The minimum atomic E-state index is -4.10. The van der Waals surface area contributed by atoms with E-state index >= 15 is 0 Å². The van der Waals surface area contributed by atoms with Crippen LogP contribution in [-0.4, -0.2) is 29.7 Å². The first kappa shape index (κ1) is 14.5. The van der Waals surface area contributed by atoms with Crippen molar-refractivity contribution in [3.8, 4) is 0 Å². The fourth-order valence-electron chi connectivity index (χ4n) is 1.96. The van der Waals surface area contributed by atoms with Crippen LogP contribution >= 0.6 is 23.4 Å². The molecule has 0 saturated heterocycles. The second-order valence-electron chi connectivity index (χ2n) is 4.13. The molecular weight excluding hydrogens is 259 g/mol. The molecular formula is C10H17ClF3NS. The van der Waals surface area contributed by atoms with Gasteiger partial charge in [-0.25, -0.2) is 0 Å². The van der Waals surface area contributed by atoms with Gasteiger partial charge in [-0.1, -0.05) is 6.42 Å². The molecule has 1 aliphatic carbocycles. The van der Waals surface area contributed by atoms with Gasteiger partial charge < -0.3 is 5.32 Å². The van der Waals surface area contributed by atoms with Gasteiger partial charge in [0.2, 0.25) is 0 Å². The van der Waals surface area contributed by atoms with Crippen molar-refractivity contribution in [2.45, 2.75) is 36.6 Å². The van der Waals surface area contributed by atoms with E-state index in [1.807, 2.05) is 0 Å². The number of rotatable bonds is 5. The van der Waals surface area contributed by atoms with Crippen molar-refractivity contribution >= 4 is 23.4 Å². The minimum absolute atomic E-state index is 0.0322. The fraction of sp³-hybridized carbons (Fsp3) is 1.00. The largest absolute Gasteiger partial charge is 0.441 e. The number of hydrogen-bond acceptors (Lipinski definition) is 2. The third-order valence-electron chi connectivity index (χ3n) is 2.70. The first-order valence-corrected chi connectivity index (χ1v) is 6.95. The van der Waals surface area contributed by atoms with Gasteiger partial charge in [0.25, 0.3) is 0 Å². The summed E-state index contributed by atoms with van der Waals surface area (Å²) in [6, 6.07) is 0. The molecule has 0 radical (unpaired) electrons. The molecule has 1 N–H and O–H groups in total. The van der Waals surface area contributed by atoms with Gasteiger partial charge in [-0.15, -0.1) is 11.6 Å². The molecule has 96 valence electrons. The zero-order chi connectivity index (χ0) is 12.0. The highest BCUT2D eigenvalue weighted by Crippen LogP contribution is 2.29. The lowest BCUT2D eigenvalue weighted by Crippen LogP contribution is -2.29. The van der Waals surface area contributed by atoms with Crippen LogP contribution in [0, 0.1) is 5.92 Å². The maximum Gasteiger partial charge on any atom is 0.441 e. The van der Waals surface area contributed by atoms with Crippen LogP contribution in [-0.2, 0) is 0 Å². The van der Waals surface area contributed by atoms with Crippen LogP contribution in [0.25, 0.3) is 0 Å². The molecule has 0 aliphatic heterocycles. The summed E-state index contributed by atoms with van der Waals surface area (Å²) in [6.07, 6.45) is 4.34. The molecule has 0 aromatic carbocycles. The van der Waals surface area contributed by atoms with Gasteiger partial charge in [-0.2, -0.15) is 13.2 Å². The lowest BCUT2D eigenvalue weighted by Gasteiger charge is -2.25. The quantitative estimate of drug-likeness (QED) is 0.607. The van der Waals surface area contributed by atoms with Crippen LogP contribution in [0.5, 0.6) is 0 Å². The average molecular weight is 276 g/mol. The molecule has 1 nitrogen and oxygen atoms in total. The molecule has 0 spiro atoms. The first-order chi connectivity index (χ1) is 7.47. The molecule has 0 aromatic heterocycles. The van der Waals surface area contributed by atoms with Crippen molar-refractivity contribution in [2.75, 3.05) is 18.8 Å². The highest BCUT2D eigenvalue weighted by Gasteiger charge is 2.27. The van der Waals surface area contributed by atoms with Crippen LogP contribution in [0.1, 0.15) is 25.7 Å². The second kappa shape index (κ2) is 6.97. The Kier molecular flexibility index (Phi) is 6.29. The van der Waals surface area contributed by atoms with Crippen molar-refractivity contribution in [1.29, 1.82) is 0 Å². The minimum Gasteiger partial charge on any atom is -0.316 e. The zero-order valence-electron chi connectivity index (χ0n) is 9.02. The molecule has 2 atom stereocenters. The third-order valence-corrected chi connectivity index (χ3v) is 3.83. The number of halogens is 4. The van der Waals surface area contributed by atoms with Gasteiger partial charge in [0.05, 0.1) is 0 Å². The van der Waals surface area contributed by atoms with E-state index < -0.39 is 5.51 Å². The number of nitrogens with one attached hydrogen (secondary N) is 1. The predicted molar refractivity (Wildman–Crippen MR) is 63.0 cm³/mol. The summed E-state index contributed by atoms with van der Waals surface area (Å²) < 4.78 is 35.4. The molecule has 0 amide bonds. The highest BCUT2D eigenvalue weighted by atomic mass is 35.5. The molecule has 0 bridgehead atoms. The predicted octanol–water partition coefficient (Wildman–Crippen LogP) is 3.63. The summed E-state index contributed by atoms with van der Waals surface area (Å²) in [5.74, 6) is 0.618. The van der Waals surface area contributed by atoms with E-state index in [1.54, 1.807) is 0 Å². The van der Waals surface area contributed by atoms with Gasteiger partial charge in [0.1, 0.15) is 0 Å². The van der Waals surface area contributed by atoms with Gasteiger partial charge in [0.15, 0.2) is 0 Å². The molecule has 6 heteroatoms. The Bertz CT molecular complexity index is 201. The lowest BCUT2D eigenvalue weighted by atomic mass is 9.89. The van der Waals surface area contributed by atoms with Gasteiger partial charge in [0, 0.05) is 17.7 Å². The Morgan fingerprint density at radius 1 is 1.31 bits per heavy atom. The molecule has 1 aliphatic rings. The van der Waals surface area contributed by atoms with E-state index in [4.69, 9.17) is 11.6 Å². The van der Waals surface area contributed by atoms with E-state index in [0.717, 1.165) is 32.2 Å². The monoisotopic (exact) mass is 275 g/mol. The standard InChI is InChI=1S/C10H17ClF3NS/c11-9-3-1-2-8(6-9)7-15-4-5-16-10(12,13)14/h8-9,15H,1-7H2. The summed E-state index contributed by atoms with van der Waals surface area (Å²) in [5, 5.41) is 3.32. The summed E-state index contributed by atoms with van der Waals surface area (Å²) >= 11 is 6.06. The lowest BCUT2D eigenvalue weighted by molar-refractivity contribution is -0.0327. The topological polar surface area (TPSA) is 12.0 Å². The van der Waals surface area contributed by atoms with Crippen molar-refractivity contribution in [1.82, 2.24) is 5.32 Å². The third kappa shape index (κ3) is 6.86. The molecule has 1 fully saturated rings. The average Bonchev–Trinajstić information content (AvgIpc) is 2.15. The number of hydrogen-bond donors (Lipinski definition) is 1. The molecule has 1 saturated carbocycles. The smallest absolute Gasteiger partial charge is 0.316 e. The van der Waals surface area contributed by atoms with Crippen molar-refractivity contribution in [3.05, 3.63) is 0 Å². The van der Waals surface area contributed by atoms with Gasteiger partial charge in [-0.05, 0) is 43.5 Å². The van der Waals surface area contributed by atoms with Crippen molar-refractivity contribution < 1.29 is 13.2 Å². The second-order valence-corrected chi connectivity index (χ2v) is 5.91. The molecule has 2 unspecified atom stereocenters. The van der Waals surface area contributed by atoms with Crippen molar-refractivity contribution in [3.63, 3.8) is 0 Å². The Balaban J connectivity index is 1.98. The molecule has 0 heterocycles. The SMILES string of the molecule is FC(F)(F)SCCNCC1CCCC(Cl)C1. The van der Waals surface area contributed by atoms with E-state index in [9.17, 15) is 13.2 Å². The first-order valence-electron chi connectivity index (χ1n) is 5.53. The van der Waals surface area contributed by atoms with Gasteiger partial charge in [-0.3, -0.25) is 0 Å². The summed E-state index contributed by atoms with van der Waals surface area (Å²) in [6.45, 7) is 1.20. The Labute approximate surface area is 103 Å². The van der Waals surface area contributed by atoms with E-state index in [1.165, 1.54) is 0 Å².